The molecule has 2 heterocycles. The highest BCUT2D eigenvalue weighted by molar-refractivity contribution is 5.83. The van der Waals surface area contributed by atoms with Gasteiger partial charge in [-0.1, -0.05) is 37.1 Å². The van der Waals surface area contributed by atoms with Crippen molar-refractivity contribution in [3.8, 4) is 0 Å². The van der Waals surface area contributed by atoms with Crippen molar-refractivity contribution in [3.05, 3.63) is 53.9 Å². The SMILES string of the molecule is O=C(NCc1ccccc1Cn1cccn1)[C@@]12CCCC[C@H]1CNC2. The van der Waals surface area contributed by atoms with Crippen LogP contribution >= 0.6 is 0 Å². The molecule has 1 saturated carbocycles. The summed E-state index contributed by atoms with van der Waals surface area (Å²) in [5.41, 5.74) is 2.18. The smallest absolute Gasteiger partial charge is 0.228 e. The van der Waals surface area contributed by atoms with E-state index in [0.29, 0.717) is 12.5 Å². The van der Waals surface area contributed by atoms with Gasteiger partial charge in [-0.3, -0.25) is 9.48 Å². The molecule has 25 heavy (non-hydrogen) atoms. The first-order valence-corrected chi connectivity index (χ1v) is 9.31. The maximum Gasteiger partial charge on any atom is 0.228 e. The van der Waals surface area contributed by atoms with Gasteiger partial charge in [-0.2, -0.15) is 5.10 Å². The number of carbonyl (C=O) groups is 1. The fraction of sp³-hybridized carbons (Fsp3) is 0.500. The minimum Gasteiger partial charge on any atom is -0.351 e. The Morgan fingerprint density at radius 3 is 3.00 bits per heavy atom. The van der Waals surface area contributed by atoms with Crippen molar-refractivity contribution >= 4 is 5.91 Å². The van der Waals surface area contributed by atoms with Gasteiger partial charge in [0.25, 0.3) is 0 Å². The van der Waals surface area contributed by atoms with Gasteiger partial charge in [0.05, 0.1) is 12.0 Å². The molecular weight excluding hydrogens is 312 g/mol. The van der Waals surface area contributed by atoms with Crippen LogP contribution in [-0.2, 0) is 17.9 Å². The maximum absolute atomic E-state index is 13.0. The Kier molecular flexibility index (Phi) is 4.57. The van der Waals surface area contributed by atoms with Gasteiger partial charge in [0, 0.05) is 25.5 Å². The molecule has 1 aromatic carbocycles. The number of carbonyl (C=O) groups excluding carboxylic acids is 1. The molecule has 0 bridgehead atoms. The lowest BCUT2D eigenvalue weighted by molar-refractivity contribution is -0.134. The quantitative estimate of drug-likeness (QED) is 0.880. The third kappa shape index (κ3) is 3.21. The monoisotopic (exact) mass is 338 g/mol. The van der Waals surface area contributed by atoms with E-state index in [4.69, 9.17) is 0 Å². The van der Waals surface area contributed by atoms with Crippen LogP contribution in [0.15, 0.2) is 42.7 Å². The van der Waals surface area contributed by atoms with Crippen LogP contribution in [0.25, 0.3) is 0 Å². The van der Waals surface area contributed by atoms with Crippen LogP contribution < -0.4 is 10.6 Å². The van der Waals surface area contributed by atoms with E-state index < -0.39 is 0 Å². The minimum absolute atomic E-state index is 0.185. The standard InChI is InChI=1S/C20H26N4O/c25-19(20-9-4-3-8-18(20)13-21-15-20)22-12-16-6-1-2-7-17(16)14-24-11-5-10-23-24/h1-2,5-7,10-11,18,21H,3-4,8-9,12-15H2,(H,22,25)/t18-,20+/m0/s1. The lowest BCUT2D eigenvalue weighted by Gasteiger charge is -2.37. The lowest BCUT2D eigenvalue weighted by atomic mass is 9.67. The second-order valence-electron chi connectivity index (χ2n) is 7.38. The molecule has 1 saturated heterocycles. The average Bonchev–Trinajstić information content (AvgIpc) is 3.30. The molecule has 5 heteroatoms. The number of benzene rings is 1. The zero-order chi connectivity index (χ0) is 17.1. The number of fused-ring (bicyclic) bond motifs is 1. The van der Waals surface area contributed by atoms with Crippen LogP contribution in [0.2, 0.25) is 0 Å². The van der Waals surface area contributed by atoms with E-state index in [0.717, 1.165) is 26.1 Å². The molecule has 1 aromatic heterocycles. The highest BCUT2D eigenvalue weighted by atomic mass is 16.2. The van der Waals surface area contributed by atoms with E-state index in [2.05, 4.69) is 27.9 Å². The molecular formula is C20H26N4O. The Morgan fingerprint density at radius 1 is 1.28 bits per heavy atom. The predicted molar refractivity (Wildman–Crippen MR) is 96.9 cm³/mol. The van der Waals surface area contributed by atoms with Crippen molar-refractivity contribution in [1.82, 2.24) is 20.4 Å². The summed E-state index contributed by atoms with van der Waals surface area (Å²) in [5, 5.41) is 11.0. The number of aromatic nitrogens is 2. The molecule has 2 aromatic rings. The van der Waals surface area contributed by atoms with Crippen molar-refractivity contribution in [2.24, 2.45) is 11.3 Å². The first-order valence-electron chi connectivity index (χ1n) is 9.31. The van der Waals surface area contributed by atoms with Crippen molar-refractivity contribution in [1.29, 1.82) is 0 Å². The molecule has 1 aliphatic carbocycles. The summed E-state index contributed by atoms with van der Waals surface area (Å²) in [6.07, 6.45) is 8.38. The topological polar surface area (TPSA) is 59.0 Å². The first kappa shape index (κ1) is 16.3. The van der Waals surface area contributed by atoms with Crippen molar-refractivity contribution < 1.29 is 4.79 Å². The molecule has 4 rings (SSSR count). The predicted octanol–water partition coefficient (Wildman–Crippen LogP) is 2.33. The van der Waals surface area contributed by atoms with Gasteiger partial charge in [0.2, 0.25) is 5.91 Å². The Hall–Kier alpha value is -2.14. The van der Waals surface area contributed by atoms with Gasteiger partial charge in [-0.15, -0.1) is 0 Å². The van der Waals surface area contributed by atoms with Crippen LogP contribution in [-0.4, -0.2) is 28.8 Å². The number of hydrogen-bond acceptors (Lipinski definition) is 3. The van der Waals surface area contributed by atoms with Gasteiger partial charge in [-0.25, -0.2) is 0 Å². The third-order valence-corrected chi connectivity index (χ3v) is 5.94. The van der Waals surface area contributed by atoms with Crippen LogP contribution in [0, 0.1) is 11.3 Å². The van der Waals surface area contributed by atoms with E-state index >= 15 is 0 Å². The summed E-state index contributed by atoms with van der Waals surface area (Å²) in [6.45, 7) is 3.14. The molecule has 0 unspecified atom stereocenters. The number of rotatable bonds is 5. The Balaban J connectivity index is 1.45. The van der Waals surface area contributed by atoms with Gasteiger partial charge in [0.1, 0.15) is 0 Å². The van der Waals surface area contributed by atoms with Crippen LogP contribution in [0.1, 0.15) is 36.8 Å². The summed E-state index contributed by atoms with van der Waals surface area (Å²) in [5.74, 6) is 0.733. The largest absolute Gasteiger partial charge is 0.351 e. The minimum atomic E-state index is -0.185. The van der Waals surface area contributed by atoms with E-state index in [1.807, 2.05) is 29.1 Å². The van der Waals surface area contributed by atoms with E-state index in [9.17, 15) is 4.79 Å². The Labute approximate surface area is 148 Å². The first-order chi connectivity index (χ1) is 12.3. The van der Waals surface area contributed by atoms with Crippen LogP contribution in [0.4, 0.5) is 0 Å². The van der Waals surface area contributed by atoms with Gasteiger partial charge >= 0.3 is 0 Å². The maximum atomic E-state index is 13.0. The number of amides is 1. The van der Waals surface area contributed by atoms with Gasteiger partial charge in [-0.05, 0) is 42.5 Å². The molecule has 5 nitrogen and oxygen atoms in total. The summed E-state index contributed by atoms with van der Waals surface area (Å²) < 4.78 is 1.91. The average molecular weight is 338 g/mol. The molecule has 2 aliphatic rings. The van der Waals surface area contributed by atoms with Crippen molar-refractivity contribution in [2.75, 3.05) is 13.1 Å². The number of nitrogens with zero attached hydrogens (tertiary/aromatic N) is 2. The lowest BCUT2D eigenvalue weighted by Crippen LogP contribution is -2.47. The summed E-state index contributed by atoms with van der Waals surface area (Å²) >= 11 is 0. The highest BCUT2D eigenvalue weighted by Crippen LogP contribution is 2.43. The molecule has 0 radical (unpaired) electrons. The van der Waals surface area contributed by atoms with E-state index in [-0.39, 0.29) is 11.3 Å². The highest BCUT2D eigenvalue weighted by Gasteiger charge is 2.49. The van der Waals surface area contributed by atoms with E-state index in [1.54, 1.807) is 6.20 Å². The zero-order valence-electron chi connectivity index (χ0n) is 14.6. The van der Waals surface area contributed by atoms with Gasteiger partial charge < -0.3 is 10.6 Å². The van der Waals surface area contributed by atoms with Crippen molar-refractivity contribution in [3.63, 3.8) is 0 Å². The summed E-state index contributed by atoms with van der Waals surface area (Å²) in [6, 6.07) is 10.2. The molecule has 2 fully saturated rings. The second kappa shape index (κ2) is 7.00. The molecule has 1 aliphatic heterocycles. The third-order valence-electron chi connectivity index (χ3n) is 5.94. The normalized spacial score (nSPS) is 25.5. The van der Waals surface area contributed by atoms with E-state index in [1.165, 1.54) is 30.4 Å². The Morgan fingerprint density at radius 2 is 2.16 bits per heavy atom. The molecule has 1 amide bonds. The fourth-order valence-corrected chi connectivity index (χ4v) is 4.49. The molecule has 0 spiro atoms. The fourth-order valence-electron chi connectivity index (χ4n) is 4.49. The van der Waals surface area contributed by atoms with Crippen molar-refractivity contribution in [2.45, 2.75) is 38.8 Å². The summed E-state index contributed by atoms with van der Waals surface area (Å²) in [7, 11) is 0. The number of nitrogens with one attached hydrogen (secondary N) is 2. The Bertz CT molecular complexity index is 727. The number of hydrogen-bond donors (Lipinski definition) is 2. The molecule has 2 atom stereocenters. The molecule has 132 valence electrons. The van der Waals surface area contributed by atoms with Gasteiger partial charge in [0.15, 0.2) is 0 Å². The van der Waals surface area contributed by atoms with Crippen LogP contribution in [0.5, 0.6) is 0 Å². The zero-order valence-corrected chi connectivity index (χ0v) is 14.6. The summed E-state index contributed by atoms with van der Waals surface area (Å²) in [4.78, 5) is 13.0. The second-order valence-corrected chi connectivity index (χ2v) is 7.38. The van der Waals surface area contributed by atoms with Crippen LogP contribution in [0.3, 0.4) is 0 Å². The molecule has 2 N–H and O–H groups in total.